The minimum absolute atomic E-state index is 0.132. The van der Waals surface area contributed by atoms with Crippen LogP contribution in [0.4, 0.5) is 0 Å². The number of carbonyl (C=O) groups is 1. The van der Waals surface area contributed by atoms with E-state index in [0.29, 0.717) is 13.0 Å². The average Bonchev–Trinajstić information content (AvgIpc) is 2.40. The molecule has 0 saturated heterocycles. The number of nitrogens with two attached hydrogens (primary N) is 1. The minimum atomic E-state index is -0.607. The Kier molecular flexibility index (Phi) is 5.91. The van der Waals surface area contributed by atoms with Gasteiger partial charge < -0.3 is 15.7 Å². The summed E-state index contributed by atoms with van der Waals surface area (Å²) < 4.78 is 0. The zero-order valence-corrected chi connectivity index (χ0v) is 11.2. The largest absolute Gasteiger partial charge is 0.508 e. The van der Waals surface area contributed by atoms with Crippen molar-refractivity contribution in [1.82, 2.24) is 4.90 Å². The molecule has 0 radical (unpaired) electrons. The van der Waals surface area contributed by atoms with Gasteiger partial charge in [0.05, 0.1) is 12.6 Å². The molecule has 1 unspecified atom stereocenters. The molecule has 0 spiro atoms. The fourth-order valence-electron chi connectivity index (χ4n) is 1.86. The molecule has 19 heavy (non-hydrogen) atoms. The van der Waals surface area contributed by atoms with Crippen LogP contribution in [0, 0.1) is 12.3 Å². The molecule has 0 heterocycles. The highest BCUT2D eigenvalue weighted by molar-refractivity contribution is 5.82. The minimum Gasteiger partial charge on any atom is -0.508 e. The van der Waals surface area contributed by atoms with E-state index in [4.69, 9.17) is 12.2 Å². The van der Waals surface area contributed by atoms with Gasteiger partial charge in [0.2, 0.25) is 5.91 Å². The first-order valence-corrected chi connectivity index (χ1v) is 6.34. The number of phenolic OH excluding ortho intramolecular Hbond substituents is 1. The van der Waals surface area contributed by atoms with E-state index in [2.05, 4.69) is 5.92 Å². The molecule has 0 aromatic heterocycles. The Hall–Kier alpha value is -1.99. The normalized spacial score (nSPS) is 11.6. The van der Waals surface area contributed by atoms with Crippen LogP contribution in [0.1, 0.15) is 18.9 Å². The number of hydrogen-bond donors (Lipinski definition) is 2. The molecule has 1 amide bonds. The maximum atomic E-state index is 12.2. The summed E-state index contributed by atoms with van der Waals surface area (Å²) in [6.45, 7) is 2.89. The zero-order chi connectivity index (χ0) is 14.3. The van der Waals surface area contributed by atoms with Crippen molar-refractivity contribution in [2.45, 2.75) is 25.8 Å². The molecule has 1 aromatic rings. The summed E-state index contributed by atoms with van der Waals surface area (Å²) in [5.74, 6) is 2.54. The van der Waals surface area contributed by atoms with Crippen LogP contribution >= 0.6 is 0 Å². The predicted molar refractivity (Wildman–Crippen MR) is 75.5 cm³/mol. The van der Waals surface area contributed by atoms with E-state index in [1.54, 1.807) is 29.2 Å². The second-order valence-corrected chi connectivity index (χ2v) is 4.44. The lowest BCUT2D eigenvalue weighted by molar-refractivity contribution is -0.132. The number of carbonyl (C=O) groups excluding carboxylic acids is 1. The van der Waals surface area contributed by atoms with Gasteiger partial charge in [-0.2, -0.15) is 0 Å². The summed E-state index contributed by atoms with van der Waals surface area (Å²) in [6.07, 6.45) is 6.54. The third kappa shape index (κ3) is 4.65. The van der Waals surface area contributed by atoms with E-state index in [1.165, 1.54) is 0 Å². The van der Waals surface area contributed by atoms with E-state index in [1.807, 2.05) is 6.92 Å². The van der Waals surface area contributed by atoms with Crippen molar-refractivity contribution in [1.29, 1.82) is 0 Å². The van der Waals surface area contributed by atoms with Gasteiger partial charge in [0.25, 0.3) is 0 Å². The number of amides is 1. The van der Waals surface area contributed by atoms with E-state index < -0.39 is 6.04 Å². The lowest BCUT2D eigenvalue weighted by atomic mass is 10.1. The fourth-order valence-corrected chi connectivity index (χ4v) is 1.86. The number of benzene rings is 1. The lowest BCUT2D eigenvalue weighted by Gasteiger charge is -2.23. The van der Waals surface area contributed by atoms with Crippen molar-refractivity contribution < 1.29 is 9.90 Å². The Morgan fingerprint density at radius 3 is 2.63 bits per heavy atom. The second-order valence-electron chi connectivity index (χ2n) is 4.44. The standard InChI is InChI=1S/C15H20N2O2/c1-3-9-17(10-4-2)15(19)14(16)11-12-5-7-13(18)8-6-12/h1,5-8,14,18H,4,9-11,16H2,2H3. The number of nitrogens with zero attached hydrogens (tertiary/aromatic N) is 1. The highest BCUT2D eigenvalue weighted by Crippen LogP contribution is 2.11. The van der Waals surface area contributed by atoms with Crippen molar-refractivity contribution >= 4 is 5.91 Å². The van der Waals surface area contributed by atoms with Gasteiger partial charge >= 0.3 is 0 Å². The van der Waals surface area contributed by atoms with Crippen LogP contribution in [0.3, 0.4) is 0 Å². The van der Waals surface area contributed by atoms with Crippen LogP contribution in [0.25, 0.3) is 0 Å². The van der Waals surface area contributed by atoms with Gasteiger partial charge in [0.1, 0.15) is 5.75 Å². The van der Waals surface area contributed by atoms with Gasteiger partial charge in [-0.25, -0.2) is 0 Å². The van der Waals surface area contributed by atoms with Gasteiger partial charge in [-0.15, -0.1) is 6.42 Å². The smallest absolute Gasteiger partial charge is 0.240 e. The molecule has 4 nitrogen and oxygen atoms in total. The number of phenols is 1. The van der Waals surface area contributed by atoms with E-state index >= 15 is 0 Å². The molecule has 3 N–H and O–H groups in total. The maximum absolute atomic E-state index is 12.2. The number of rotatable bonds is 6. The topological polar surface area (TPSA) is 66.6 Å². The Bertz CT molecular complexity index is 448. The summed E-state index contributed by atoms with van der Waals surface area (Å²) in [7, 11) is 0. The Balaban J connectivity index is 2.65. The van der Waals surface area contributed by atoms with Crippen LogP contribution in [-0.4, -0.2) is 35.0 Å². The van der Waals surface area contributed by atoms with Crippen LogP contribution in [0.15, 0.2) is 24.3 Å². The Morgan fingerprint density at radius 1 is 1.47 bits per heavy atom. The summed E-state index contributed by atoms with van der Waals surface area (Å²) in [5.41, 5.74) is 6.84. The highest BCUT2D eigenvalue weighted by Gasteiger charge is 2.20. The summed E-state index contributed by atoms with van der Waals surface area (Å²) >= 11 is 0. The summed E-state index contributed by atoms with van der Waals surface area (Å²) in [4.78, 5) is 13.8. The molecule has 0 saturated carbocycles. The van der Waals surface area contributed by atoms with Crippen molar-refractivity contribution in [3.63, 3.8) is 0 Å². The van der Waals surface area contributed by atoms with Gasteiger partial charge in [-0.3, -0.25) is 4.79 Å². The molecular formula is C15H20N2O2. The molecule has 0 aliphatic rings. The first-order valence-electron chi connectivity index (χ1n) is 6.34. The van der Waals surface area contributed by atoms with Crippen molar-refractivity contribution in [3.8, 4) is 18.1 Å². The third-order valence-electron chi connectivity index (χ3n) is 2.80. The van der Waals surface area contributed by atoms with Crippen molar-refractivity contribution in [2.75, 3.05) is 13.1 Å². The first-order chi connectivity index (χ1) is 9.08. The maximum Gasteiger partial charge on any atom is 0.240 e. The molecule has 0 aliphatic carbocycles. The molecule has 0 aliphatic heterocycles. The van der Waals surface area contributed by atoms with E-state index in [0.717, 1.165) is 12.0 Å². The quantitative estimate of drug-likeness (QED) is 0.754. The zero-order valence-electron chi connectivity index (χ0n) is 11.2. The molecule has 1 atom stereocenters. The van der Waals surface area contributed by atoms with Gasteiger partial charge in [-0.05, 0) is 30.5 Å². The summed E-state index contributed by atoms with van der Waals surface area (Å²) in [6, 6.07) is 6.07. The van der Waals surface area contributed by atoms with Gasteiger partial charge in [0.15, 0.2) is 0 Å². The number of aromatic hydroxyl groups is 1. The van der Waals surface area contributed by atoms with Gasteiger partial charge in [-0.1, -0.05) is 25.0 Å². The number of terminal acetylenes is 1. The molecule has 1 rings (SSSR count). The lowest BCUT2D eigenvalue weighted by Crippen LogP contribution is -2.45. The van der Waals surface area contributed by atoms with Crippen LogP contribution in [0.2, 0.25) is 0 Å². The second kappa shape index (κ2) is 7.45. The number of hydrogen-bond acceptors (Lipinski definition) is 3. The SMILES string of the molecule is C#CCN(CCC)C(=O)C(N)Cc1ccc(O)cc1. The average molecular weight is 260 g/mol. The molecule has 0 bridgehead atoms. The Labute approximate surface area is 114 Å². The predicted octanol–water partition coefficient (Wildman–Crippen LogP) is 1.13. The Morgan fingerprint density at radius 2 is 2.11 bits per heavy atom. The monoisotopic (exact) mass is 260 g/mol. The molecule has 102 valence electrons. The van der Waals surface area contributed by atoms with E-state index in [9.17, 15) is 9.90 Å². The van der Waals surface area contributed by atoms with Gasteiger partial charge in [0, 0.05) is 6.54 Å². The molecule has 4 heteroatoms. The van der Waals surface area contributed by atoms with Crippen LogP contribution < -0.4 is 5.73 Å². The van der Waals surface area contributed by atoms with Crippen molar-refractivity contribution in [2.24, 2.45) is 5.73 Å². The van der Waals surface area contributed by atoms with Crippen LogP contribution in [0.5, 0.6) is 5.75 Å². The summed E-state index contributed by atoms with van der Waals surface area (Å²) in [5, 5.41) is 9.20. The fraction of sp³-hybridized carbons (Fsp3) is 0.400. The van der Waals surface area contributed by atoms with Crippen LogP contribution in [-0.2, 0) is 11.2 Å². The molecular weight excluding hydrogens is 240 g/mol. The molecule has 1 aromatic carbocycles. The first kappa shape index (κ1) is 15.1. The third-order valence-corrected chi connectivity index (χ3v) is 2.80. The van der Waals surface area contributed by atoms with E-state index in [-0.39, 0.29) is 18.2 Å². The van der Waals surface area contributed by atoms with Crippen molar-refractivity contribution in [3.05, 3.63) is 29.8 Å². The highest BCUT2D eigenvalue weighted by atomic mass is 16.3. The molecule has 0 fully saturated rings.